The SMILES string of the molecule is O=C(NC1CC2CCC1C2)C1COC2(CCN(C(=O)c3ccco3)CC2)N1C(=O)c1ccccc1. The number of furan rings is 1. The average molecular weight is 478 g/mol. The minimum absolute atomic E-state index is 0.127. The molecule has 4 fully saturated rings. The van der Waals surface area contributed by atoms with Crippen molar-refractivity contribution in [2.24, 2.45) is 11.8 Å². The molecule has 3 heterocycles. The van der Waals surface area contributed by atoms with Crippen molar-refractivity contribution in [2.45, 2.75) is 56.3 Å². The molecule has 0 radical (unpaired) electrons. The van der Waals surface area contributed by atoms with Gasteiger partial charge in [0.2, 0.25) is 5.91 Å². The van der Waals surface area contributed by atoms with Gasteiger partial charge in [0.15, 0.2) is 5.76 Å². The van der Waals surface area contributed by atoms with Gasteiger partial charge in [0, 0.05) is 37.5 Å². The van der Waals surface area contributed by atoms with E-state index in [-0.39, 0.29) is 30.4 Å². The van der Waals surface area contributed by atoms with Crippen LogP contribution in [-0.4, -0.2) is 65.0 Å². The number of carbonyl (C=O) groups is 3. The van der Waals surface area contributed by atoms with Crippen molar-refractivity contribution in [2.75, 3.05) is 19.7 Å². The second-order valence-corrected chi connectivity index (χ2v) is 10.4. The highest BCUT2D eigenvalue weighted by Gasteiger charge is 2.55. The zero-order chi connectivity index (χ0) is 24.0. The number of amides is 3. The van der Waals surface area contributed by atoms with Crippen LogP contribution in [-0.2, 0) is 9.53 Å². The Morgan fingerprint density at radius 2 is 1.74 bits per heavy atom. The number of hydrogen-bond acceptors (Lipinski definition) is 5. The lowest BCUT2D eigenvalue weighted by atomic mass is 9.94. The average Bonchev–Trinajstić information content (AvgIpc) is 3.69. The Morgan fingerprint density at radius 1 is 0.943 bits per heavy atom. The Labute approximate surface area is 204 Å². The van der Waals surface area contributed by atoms with E-state index < -0.39 is 11.8 Å². The third-order valence-corrected chi connectivity index (χ3v) is 8.43. The van der Waals surface area contributed by atoms with Crippen LogP contribution in [0.2, 0.25) is 0 Å². The summed E-state index contributed by atoms with van der Waals surface area (Å²) in [6.45, 7) is 0.995. The van der Waals surface area contributed by atoms with Crippen LogP contribution in [0.5, 0.6) is 0 Å². The summed E-state index contributed by atoms with van der Waals surface area (Å²) in [5.41, 5.74) is -0.381. The van der Waals surface area contributed by atoms with E-state index in [9.17, 15) is 14.4 Å². The van der Waals surface area contributed by atoms with Crippen molar-refractivity contribution >= 4 is 17.7 Å². The summed E-state index contributed by atoms with van der Waals surface area (Å²) < 4.78 is 11.6. The number of carbonyl (C=O) groups excluding carboxylic acids is 3. The first kappa shape index (κ1) is 22.3. The van der Waals surface area contributed by atoms with Crippen molar-refractivity contribution in [3.05, 3.63) is 60.1 Å². The molecule has 4 atom stereocenters. The second kappa shape index (κ2) is 8.82. The van der Waals surface area contributed by atoms with Gasteiger partial charge in [-0.2, -0.15) is 0 Å². The van der Waals surface area contributed by atoms with Gasteiger partial charge < -0.3 is 19.4 Å². The quantitative estimate of drug-likeness (QED) is 0.731. The lowest BCUT2D eigenvalue weighted by Crippen LogP contribution is -2.60. The smallest absolute Gasteiger partial charge is 0.289 e. The van der Waals surface area contributed by atoms with Crippen molar-refractivity contribution in [1.29, 1.82) is 0 Å². The molecular weight excluding hydrogens is 446 g/mol. The molecule has 1 aromatic carbocycles. The number of fused-ring (bicyclic) bond motifs is 2. The predicted octanol–water partition coefficient (Wildman–Crippen LogP) is 3.06. The van der Waals surface area contributed by atoms with Crippen LogP contribution < -0.4 is 5.32 Å². The number of nitrogens with zero attached hydrogens (tertiary/aromatic N) is 2. The molecule has 8 heteroatoms. The van der Waals surface area contributed by atoms with Gasteiger partial charge in [-0.1, -0.05) is 24.6 Å². The lowest BCUT2D eigenvalue weighted by Gasteiger charge is -2.44. The molecule has 1 N–H and O–H groups in total. The largest absolute Gasteiger partial charge is 0.459 e. The molecule has 8 nitrogen and oxygen atoms in total. The van der Waals surface area contributed by atoms with E-state index in [4.69, 9.17) is 9.15 Å². The van der Waals surface area contributed by atoms with E-state index in [1.807, 2.05) is 18.2 Å². The van der Waals surface area contributed by atoms with Gasteiger partial charge in [0.05, 0.1) is 12.9 Å². The summed E-state index contributed by atoms with van der Waals surface area (Å²) in [5, 5.41) is 3.27. The summed E-state index contributed by atoms with van der Waals surface area (Å²) in [6.07, 6.45) is 7.03. The van der Waals surface area contributed by atoms with Crippen LogP contribution in [0.3, 0.4) is 0 Å². The van der Waals surface area contributed by atoms with E-state index in [2.05, 4.69) is 5.32 Å². The predicted molar refractivity (Wildman–Crippen MR) is 126 cm³/mol. The summed E-state index contributed by atoms with van der Waals surface area (Å²) in [4.78, 5) is 43.5. The maximum Gasteiger partial charge on any atom is 0.289 e. The monoisotopic (exact) mass is 477 g/mol. The summed E-state index contributed by atoms with van der Waals surface area (Å²) >= 11 is 0. The van der Waals surface area contributed by atoms with Gasteiger partial charge in [-0.3, -0.25) is 19.3 Å². The van der Waals surface area contributed by atoms with Crippen LogP contribution in [0.1, 0.15) is 59.4 Å². The maximum atomic E-state index is 13.8. The Morgan fingerprint density at radius 3 is 2.40 bits per heavy atom. The summed E-state index contributed by atoms with van der Waals surface area (Å²) in [6, 6.07) is 11.9. The number of nitrogens with one attached hydrogen (secondary N) is 1. The molecule has 2 saturated heterocycles. The normalized spacial score (nSPS) is 29.0. The third kappa shape index (κ3) is 3.93. The fourth-order valence-electron chi connectivity index (χ4n) is 6.60. The van der Waals surface area contributed by atoms with E-state index in [0.717, 1.165) is 12.3 Å². The highest BCUT2D eigenvalue weighted by Crippen LogP contribution is 2.45. The van der Waals surface area contributed by atoms with Crippen LogP contribution in [0.4, 0.5) is 0 Å². The fourth-order valence-corrected chi connectivity index (χ4v) is 6.60. The van der Waals surface area contributed by atoms with Crippen LogP contribution in [0.15, 0.2) is 53.1 Å². The minimum atomic E-state index is -0.913. The van der Waals surface area contributed by atoms with Crippen LogP contribution in [0.25, 0.3) is 0 Å². The Bertz CT molecular complexity index is 1090. The molecule has 2 aliphatic carbocycles. The number of ether oxygens (including phenoxy) is 1. The molecule has 2 aromatic rings. The first-order valence-electron chi connectivity index (χ1n) is 12.7. The van der Waals surface area contributed by atoms with Gasteiger partial charge in [0.1, 0.15) is 11.8 Å². The zero-order valence-corrected chi connectivity index (χ0v) is 19.7. The molecule has 1 spiro atoms. The molecule has 4 unspecified atom stereocenters. The number of benzene rings is 1. The Balaban J connectivity index is 1.22. The van der Waals surface area contributed by atoms with Gasteiger partial charge in [0.25, 0.3) is 11.8 Å². The first-order valence-corrected chi connectivity index (χ1v) is 12.7. The van der Waals surface area contributed by atoms with E-state index in [0.29, 0.717) is 43.2 Å². The summed E-state index contributed by atoms with van der Waals surface area (Å²) in [7, 11) is 0. The molecule has 1 aromatic heterocycles. The first-order chi connectivity index (χ1) is 17.0. The molecule has 2 saturated carbocycles. The Kier molecular flexibility index (Phi) is 5.63. The number of likely N-dealkylation sites (tertiary alicyclic amines) is 1. The molecule has 4 aliphatic rings. The molecular formula is C27H31N3O5. The van der Waals surface area contributed by atoms with Gasteiger partial charge >= 0.3 is 0 Å². The molecule has 3 amide bonds. The van der Waals surface area contributed by atoms with Gasteiger partial charge in [-0.25, -0.2) is 0 Å². The lowest BCUT2D eigenvalue weighted by molar-refractivity contribution is -0.129. The molecule has 35 heavy (non-hydrogen) atoms. The van der Waals surface area contributed by atoms with E-state index in [1.54, 1.807) is 34.1 Å². The van der Waals surface area contributed by atoms with Crippen LogP contribution >= 0.6 is 0 Å². The second-order valence-electron chi connectivity index (χ2n) is 10.4. The van der Waals surface area contributed by atoms with Crippen molar-refractivity contribution in [3.63, 3.8) is 0 Å². The van der Waals surface area contributed by atoms with E-state index >= 15 is 0 Å². The van der Waals surface area contributed by atoms with Crippen molar-refractivity contribution in [3.8, 4) is 0 Å². The van der Waals surface area contributed by atoms with Gasteiger partial charge in [-0.15, -0.1) is 0 Å². The highest BCUT2D eigenvalue weighted by molar-refractivity contribution is 5.98. The minimum Gasteiger partial charge on any atom is -0.459 e. The van der Waals surface area contributed by atoms with E-state index in [1.165, 1.54) is 25.5 Å². The topological polar surface area (TPSA) is 92.1 Å². The third-order valence-electron chi connectivity index (χ3n) is 8.43. The highest BCUT2D eigenvalue weighted by atomic mass is 16.5. The molecule has 2 aliphatic heterocycles. The van der Waals surface area contributed by atoms with Crippen molar-refractivity contribution in [1.82, 2.24) is 15.1 Å². The molecule has 184 valence electrons. The number of hydrogen-bond donors (Lipinski definition) is 1. The number of piperidine rings is 1. The standard InChI is InChI=1S/C27H31N3O5/c31-24(28-21-16-18-8-9-20(21)15-18)22-17-35-27(30(22)25(32)19-5-2-1-3-6-19)10-12-29(13-11-27)26(33)23-7-4-14-34-23/h1-7,14,18,20-22H,8-13,15-17H2,(H,28,31). The molecule has 6 rings (SSSR count). The number of rotatable bonds is 4. The Hall–Kier alpha value is -3.13. The van der Waals surface area contributed by atoms with Crippen molar-refractivity contribution < 1.29 is 23.5 Å². The molecule has 2 bridgehead atoms. The van der Waals surface area contributed by atoms with Crippen LogP contribution in [0, 0.1) is 11.8 Å². The summed E-state index contributed by atoms with van der Waals surface area (Å²) in [5.74, 6) is 1.06. The van der Waals surface area contributed by atoms with Gasteiger partial charge in [-0.05, 0) is 55.4 Å². The fraction of sp³-hybridized carbons (Fsp3) is 0.519. The zero-order valence-electron chi connectivity index (χ0n) is 19.7. The maximum absolute atomic E-state index is 13.8.